The van der Waals surface area contributed by atoms with Crippen molar-refractivity contribution in [3.63, 3.8) is 0 Å². The Hall–Kier alpha value is -0.460. The Balaban J connectivity index is 2.97. The Morgan fingerprint density at radius 2 is 1.80 bits per heavy atom. The van der Waals surface area contributed by atoms with Gasteiger partial charge in [0.25, 0.3) is 0 Å². The number of hydrogen-bond donors (Lipinski definition) is 0. The lowest BCUT2D eigenvalue weighted by molar-refractivity contribution is 0.315. The van der Waals surface area contributed by atoms with Crippen molar-refractivity contribution in [3.05, 3.63) is 25.9 Å². The number of unbranched alkanes of at least 4 members (excludes halogenated alkanes) is 7. The van der Waals surface area contributed by atoms with E-state index >= 15 is 0 Å². The number of ether oxygens (including phenoxy) is 1. The average molecular weight is 210 g/mol. The van der Waals surface area contributed by atoms with Crippen LogP contribution >= 0.6 is 0 Å². The van der Waals surface area contributed by atoms with Crippen LogP contribution in [0.2, 0.25) is 0 Å². The molecule has 0 heterocycles. The smallest absolute Gasteiger partial charge is 0.134 e. The Kier molecular flexibility index (Phi) is 13.1. The highest BCUT2D eigenvalue weighted by Gasteiger charge is 1.87. The van der Waals surface area contributed by atoms with Gasteiger partial charge in [0, 0.05) is 0 Å². The first kappa shape index (κ1) is 14.5. The molecule has 0 spiro atoms. The number of rotatable bonds is 11. The van der Waals surface area contributed by atoms with Crippen molar-refractivity contribution in [2.24, 2.45) is 0 Å². The standard InChI is InChI=1S/C14H26O/c1-3-5-7-9-10-12-14-15-13-11-8-6-4-2/h12-14H,2-11H2,1H3. The molecule has 0 aromatic heterocycles. The molecule has 2 radical (unpaired) electrons. The van der Waals surface area contributed by atoms with E-state index in [1.165, 1.54) is 38.5 Å². The second-order valence-electron chi connectivity index (χ2n) is 3.87. The summed E-state index contributed by atoms with van der Waals surface area (Å²) in [6.07, 6.45) is 14.8. The molecule has 0 amide bonds. The molecule has 0 fully saturated rings. The third-order valence-corrected chi connectivity index (χ3v) is 2.32. The van der Waals surface area contributed by atoms with Crippen LogP contribution in [0.4, 0.5) is 0 Å². The molecule has 0 bridgehead atoms. The van der Waals surface area contributed by atoms with Gasteiger partial charge in [-0.15, -0.1) is 0 Å². The van der Waals surface area contributed by atoms with Crippen LogP contribution in [0.3, 0.4) is 0 Å². The summed E-state index contributed by atoms with van der Waals surface area (Å²) in [6.45, 7) is 7.92. The second-order valence-corrected chi connectivity index (χ2v) is 3.87. The van der Waals surface area contributed by atoms with Crippen molar-refractivity contribution >= 4 is 0 Å². The summed E-state index contributed by atoms with van der Waals surface area (Å²) in [4.78, 5) is 0. The van der Waals surface area contributed by atoms with E-state index in [4.69, 9.17) is 4.74 Å². The summed E-state index contributed by atoms with van der Waals surface area (Å²) in [5.74, 6) is 0. The summed E-state index contributed by atoms with van der Waals surface area (Å²) >= 11 is 0. The molecule has 0 aromatic rings. The Bertz CT molecular complexity index is 129. The van der Waals surface area contributed by atoms with Gasteiger partial charge in [-0.05, 0) is 31.8 Å². The van der Waals surface area contributed by atoms with E-state index in [0.29, 0.717) is 0 Å². The SMILES string of the molecule is [CH2]CCCC[CH]OC=CCCCCCC. The second kappa shape index (κ2) is 13.5. The molecule has 1 heteroatoms. The van der Waals surface area contributed by atoms with Crippen molar-refractivity contribution < 1.29 is 4.74 Å². The van der Waals surface area contributed by atoms with Crippen LogP contribution in [0.15, 0.2) is 12.3 Å². The zero-order valence-corrected chi connectivity index (χ0v) is 10.2. The van der Waals surface area contributed by atoms with Gasteiger partial charge < -0.3 is 4.74 Å². The molecular weight excluding hydrogens is 184 g/mol. The Labute approximate surface area is 95.9 Å². The monoisotopic (exact) mass is 210 g/mol. The minimum Gasteiger partial charge on any atom is -0.495 e. The molecule has 0 aromatic carbocycles. The van der Waals surface area contributed by atoms with E-state index < -0.39 is 0 Å². The number of allylic oxidation sites excluding steroid dienone is 1. The highest BCUT2D eigenvalue weighted by Crippen LogP contribution is 2.04. The number of hydrogen-bond acceptors (Lipinski definition) is 1. The van der Waals surface area contributed by atoms with Gasteiger partial charge in [0.2, 0.25) is 0 Å². The van der Waals surface area contributed by atoms with Gasteiger partial charge in [-0.25, -0.2) is 0 Å². The summed E-state index contributed by atoms with van der Waals surface area (Å²) in [6, 6.07) is 0. The molecule has 15 heavy (non-hydrogen) atoms. The van der Waals surface area contributed by atoms with Crippen molar-refractivity contribution in [2.45, 2.75) is 64.7 Å². The molecule has 0 rings (SSSR count). The van der Waals surface area contributed by atoms with E-state index in [0.717, 1.165) is 19.3 Å². The third kappa shape index (κ3) is 13.5. The average Bonchev–Trinajstić information content (AvgIpc) is 2.26. The van der Waals surface area contributed by atoms with Gasteiger partial charge in [0.1, 0.15) is 6.61 Å². The van der Waals surface area contributed by atoms with Crippen LogP contribution < -0.4 is 0 Å². The molecule has 0 unspecified atom stereocenters. The van der Waals surface area contributed by atoms with Gasteiger partial charge in [-0.3, -0.25) is 0 Å². The summed E-state index contributed by atoms with van der Waals surface area (Å²) in [5.41, 5.74) is 0. The first-order valence-electron chi connectivity index (χ1n) is 6.33. The van der Waals surface area contributed by atoms with Gasteiger partial charge in [-0.1, -0.05) is 46.0 Å². The molecule has 0 saturated carbocycles. The maximum absolute atomic E-state index is 5.26. The largest absolute Gasteiger partial charge is 0.495 e. The highest BCUT2D eigenvalue weighted by atomic mass is 16.5. The van der Waals surface area contributed by atoms with E-state index in [9.17, 15) is 0 Å². The van der Waals surface area contributed by atoms with Crippen LogP contribution in [0, 0.1) is 13.5 Å². The van der Waals surface area contributed by atoms with Crippen LogP contribution in [0.1, 0.15) is 64.7 Å². The fourth-order valence-corrected chi connectivity index (χ4v) is 1.34. The van der Waals surface area contributed by atoms with E-state index in [1.807, 2.05) is 12.9 Å². The van der Waals surface area contributed by atoms with E-state index in [1.54, 1.807) is 0 Å². The minimum absolute atomic E-state index is 1.03. The summed E-state index contributed by atoms with van der Waals surface area (Å²) in [7, 11) is 0. The van der Waals surface area contributed by atoms with Crippen LogP contribution in [-0.4, -0.2) is 0 Å². The Morgan fingerprint density at radius 3 is 2.53 bits per heavy atom. The molecule has 0 saturated heterocycles. The fourth-order valence-electron chi connectivity index (χ4n) is 1.34. The maximum atomic E-state index is 5.26. The predicted molar refractivity (Wildman–Crippen MR) is 67.1 cm³/mol. The van der Waals surface area contributed by atoms with Gasteiger partial charge in [0.05, 0.1) is 6.26 Å². The molecule has 0 N–H and O–H groups in total. The third-order valence-electron chi connectivity index (χ3n) is 2.32. The zero-order valence-electron chi connectivity index (χ0n) is 10.2. The lowest BCUT2D eigenvalue weighted by Gasteiger charge is -1.98. The van der Waals surface area contributed by atoms with Crippen LogP contribution in [-0.2, 0) is 4.74 Å². The van der Waals surface area contributed by atoms with Crippen LogP contribution in [0.25, 0.3) is 0 Å². The lowest BCUT2D eigenvalue weighted by Crippen LogP contribution is -1.80. The molecule has 0 aliphatic heterocycles. The summed E-state index contributed by atoms with van der Waals surface area (Å²) < 4.78 is 5.26. The molecular formula is C14H26O. The van der Waals surface area contributed by atoms with Crippen molar-refractivity contribution in [3.8, 4) is 0 Å². The van der Waals surface area contributed by atoms with Gasteiger partial charge in [0.15, 0.2) is 0 Å². The van der Waals surface area contributed by atoms with Crippen molar-refractivity contribution in [1.82, 2.24) is 0 Å². The zero-order chi connectivity index (χ0) is 11.2. The molecule has 88 valence electrons. The first-order chi connectivity index (χ1) is 7.41. The van der Waals surface area contributed by atoms with Gasteiger partial charge >= 0.3 is 0 Å². The van der Waals surface area contributed by atoms with E-state index in [-0.39, 0.29) is 0 Å². The van der Waals surface area contributed by atoms with Crippen LogP contribution in [0.5, 0.6) is 0 Å². The highest BCUT2D eigenvalue weighted by molar-refractivity contribution is 4.74. The van der Waals surface area contributed by atoms with Crippen molar-refractivity contribution in [1.29, 1.82) is 0 Å². The normalized spacial score (nSPS) is 11.1. The van der Waals surface area contributed by atoms with Crippen molar-refractivity contribution in [2.75, 3.05) is 0 Å². The summed E-state index contributed by atoms with van der Waals surface area (Å²) in [5, 5.41) is 0. The quantitative estimate of drug-likeness (QED) is 0.343. The molecule has 1 nitrogen and oxygen atoms in total. The van der Waals surface area contributed by atoms with E-state index in [2.05, 4.69) is 19.9 Å². The topological polar surface area (TPSA) is 9.23 Å². The molecule has 0 aliphatic rings. The predicted octanol–water partition coefficient (Wildman–Crippen LogP) is 5.04. The minimum atomic E-state index is 1.03. The molecule has 0 atom stereocenters. The first-order valence-corrected chi connectivity index (χ1v) is 6.33. The lowest BCUT2D eigenvalue weighted by atomic mass is 10.1. The molecule has 0 aliphatic carbocycles. The van der Waals surface area contributed by atoms with Gasteiger partial charge in [-0.2, -0.15) is 0 Å². The Morgan fingerprint density at radius 1 is 1.00 bits per heavy atom. The maximum Gasteiger partial charge on any atom is 0.134 e. The fraction of sp³-hybridized carbons (Fsp3) is 0.714.